The lowest BCUT2D eigenvalue weighted by Crippen LogP contribution is -2.12. The summed E-state index contributed by atoms with van der Waals surface area (Å²) in [7, 11) is 1.65. The molecule has 0 saturated carbocycles. The van der Waals surface area contributed by atoms with Crippen LogP contribution in [0.15, 0.2) is 18.2 Å². The number of rotatable bonds is 11. The molecule has 0 saturated heterocycles. The first-order valence-electron chi connectivity index (χ1n) is 6.84. The van der Waals surface area contributed by atoms with Crippen LogP contribution in [0.3, 0.4) is 0 Å². The molecule has 0 radical (unpaired) electrons. The second-order valence-corrected chi connectivity index (χ2v) is 4.36. The van der Waals surface area contributed by atoms with Gasteiger partial charge in [0.15, 0.2) is 0 Å². The molecule has 1 aromatic carbocycles. The molecular weight excluding hydrogens is 258 g/mol. The van der Waals surface area contributed by atoms with Gasteiger partial charge in [0.1, 0.15) is 12.4 Å². The normalized spacial score (nSPS) is 10.8. The van der Waals surface area contributed by atoms with Crippen molar-refractivity contribution in [2.75, 3.05) is 46.8 Å². The van der Waals surface area contributed by atoms with Crippen molar-refractivity contribution in [1.29, 1.82) is 0 Å². The number of methoxy groups -OCH3 is 1. The molecule has 1 rings (SSSR count). The lowest BCUT2D eigenvalue weighted by atomic mass is 10.1. The highest BCUT2D eigenvalue weighted by molar-refractivity contribution is 5.34. The largest absolute Gasteiger partial charge is 0.491 e. The number of benzene rings is 1. The first-order valence-corrected chi connectivity index (χ1v) is 6.84. The standard InChI is InChI=1S/C15H25NO4/c1-13-11-15(4-3-14(13)12-16)20-10-9-19-8-7-18-6-5-17-2/h3-4,11H,5-10,12,16H2,1-2H3. The summed E-state index contributed by atoms with van der Waals surface area (Å²) >= 11 is 0. The van der Waals surface area contributed by atoms with Crippen LogP contribution >= 0.6 is 0 Å². The van der Waals surface area contributed by atoms with E-state index >= 15 is 0 Å². The molecular formula is C15H25NO4. The van der Waals surface area contributed by atoms with E-state index in [1.54, 1.807) is 7.11 Å². The lowest BCUT2D eigenvalue weighted by molar-refractivity contribution is 0.0179. The van der Waals surface area contributed by atoms with Crippen molar-refractivity contribution >= 4 is 0 Å². The predicted octanol–water partition coefficient (Wildman–Crippen LogP) is 1.51. The number of aryl methyl sites for hydroxylation is 1. The van der Waals surface area contributed by atoms with E-state index in [9.17, 15) is 0 Å². The van der Waals surface area contributed by atoms with Crippen LogP contribution in [-0.2, 0) is 20.8 Å². The van der Waals surface area contributed by atoms with Gasteiger partial charge < -0.3 is 24.7 Å². The fourth-order valence-electron chi connectivity index (χ4n) is 1.67. The minimum absolute atomic E-state index is 0.527. The molecule has 20 heavy (non-hydrogen) atoms. The van der Waals surface area contributed by atoms with Gasteiger partial charge >= 0.3 is 0 Å². The van der Waals surface area contributed by atoms with Crippen LogP contribution in [0.5, 0.6) is 5.75 Å². The Bertz CT molecular complexity index is 371. The van der Waals surface area contributed by atoms with Crippen LogP contribution in [0.25, 0.3) is 0 Å². The van der Waals surface area contributed by atoms with Crippen LogP contribution in [0.2, 0.25) is 0 Å². The van der Waals surface area contributed by atoms with Gasteiger partial charge in [0.05, 0.1) is 33.0 Å². The molecule has 0 unspecified atom stereocenters. The Labute approximate surface area is 121 Å². The second kappa shape index (κ2) is 10.6. The van der Waals surface area contributed by atoms with Crippen molar-refractivity contribution in [2.45, 2.75) is 13.5 Å². The molecule has 0 atom stereocenters. The van der Waals surface area contributed by atoms with E-state index in [0.29, 0.717) is 46.2 Å². The summed E-state index contributed by atoms with van der Waals surface area (Å²) in [6, 6.07) is 5.92. The SMILES string of the molecule is COCCOCCOCCOc1ccc(CN)c(C)c1. The first-order chi connectivity index (χ1) is 9.77. The zero-order valence-electron chi connectivity index (χ0n) is 12.4. The summed E-state index contributed by atoms with van der Waals surface area (Å²) in [5.74, 6) is 0.847. The molecule has 114 valence electrons. The molecule has 0 aromatic heterocycles. The Morgan fingerprint density at radius 3 is 2.20 bits per heavy atom. The smallest absolute Gasteiger partial charge is 0.119 e. The fourth-order valence-corrected chi connectivity index (χ4v) is 1.67. The van der Waals surface area contributed by atoms with E-state index in [-0.39, 0.29) is 0 Å². The van der Waals surface area contributed by atoms with Gasteiger partial charge in [-0.3, -0.25) is 0 Å². The van der Waals surface area contributed by atoms with Crippen molar-refractivity contribution in [1.82, 2.24) is 0 Å². The molecule has 5 nitrogen and oxygen atoms in total. The van der Waals surface area contributed by atoms with Gasteiger partial charge in [-0.1, -0.05) is 6.07 Å². The third-order valence-electron chi connectivity index (χ3n) is 2.83. The third-order valence-corrected chi connectivity index (χ3v) is 2.83. The first kappa shape index (κ1) is 16.9. The Hall–Kier alpha value is -1.14. The van der Waals surface area contributed by atoms with Gasteiger partial charge in [0.25, 0.3) is 0 Å². The Morgan fingerprint density at radius 2 is 1.60 bits per heavy atom. The van der Waals surface area contributed by atoms with Crippen molar-refractivity contribution in [3.05, 3.63) is 29.3 Å². The third kappa shape index (κ3) is 6.86. The van der Waals surface area contributed by atoms with Gasteiger partial charge in [-0.15, -0.1) is 0 Å². The highest BCUT2D eigenvalue weighted by atomic mass is 16.6. The predicted molar refractivity (Wildman–Crippen MR) is 78.1 cm³/mol. The summed E-state index contributed by atoms with van der Waals surface area (Å²) in [4.78, 5) is 0. The molecule has 0 heterocycles. The lowest BCUT2D eigenvalue weighted by Gasteiger charge is -2.10. The summed E-state index contributed by atoms with van der Waals surface area (Å²) in [6.07, 6.45) is 0. The average molecular weight is 283 g/mol. The number of ether oxygens (including phenoxy) is 4. The van der Waals surface area contributed by atoms with Gasteiger partial charge in [-0.25, -0.2) is 0 Å². The number of hydrogen-bond donors (Lipinski definition) is 1. The van der Waals surface area contributed by atoms with Gasteiger partial charge in [-0.2, -0.15) is 0 Å². The Kier molecular flexibility index (Phi) is 8.98. The van der Waals surface area contributed by atoms with E-state index in [0.717, 1.165) is 16.9 Å². The summed E-state index contributed by atoms with van der Waals surface area (Å²) < 4.78 is 21.2. The van der Waals surface area contributed by atoms with Crippen LogP contribution in [-0.4, -0.2) is 46.8 Å². The quantitative estimate of drug-likeness (QED) is 0.624. The highest BCUT2D eigenvalue weighted by Gasteiger charge is 1.99. The fraction of sp³-hybridized carbons (Fsp3) is 0.600. The van der Waals surface area contributed by atoms with Crippen molar-refractivity contribution in [3.63, 3.8) is 0 Å². The molecule has 2 N–H and O–H groups in total. The summed E-state index contributed by atoms with van der Waals surface area (Å²) in [6.45, 7) is 6.02. The minimum Gasteiger partial charge on any atom is -0.491 e. The van der Waals surface area contributed by atoms with E-state index < -0.39 is 0 Å². The zero-order valence-corrected chi connectivity index (χ0v) is 12.4. The molecule has 0 spiro atoms. The maximum Gasteiger partial charge on any atom is 0.119 e. The number of hydrogen-bond acceptors (Lipinski definition) is 5. The van der Waals surface area contributed by atoms with E-state index in [2.05, 4.69) is 0 Å². The number of nitrogens with two attached hydrogens (primary N) is 1. The maximum absolute atomic E-state index is 5.62. The van der Waals surface area contributed by atoms with Gasteiger partial charge in [-0.05, 0) is 30.2 Å². The molecule has 0 amide bonds. The Balaban J connectivity index is 2.05. The monoisotopic (exact) mass is 283 g/mol. The minimum atomic E-state index is 0.527. The average Bonchev–Trinajstić information content (AvgIpc) is 2.46. The molecule has 0 aliphatic carbocycles. The van der Waals surface area contributed by atoms with E-state index in [1.165, 1.54) is 0 Å². The van der Waals surface area contributed by atoms with Crippen molar-refractivity contribution in [2.24, 2.45) is 5.73 Å². The molecule has 0 aliphatic rings. The second-order valence-electron chi connectivity index (χ2n) is 4.36. The highest BCUT2D eigenvalue weighted by Crippen LogP contribution is 2.16. The maximum atomic E-state index is 5.62. The van der Waals surface area contributed by atoms with Crippen LogP contribution in [0.1, 0.15) is 11.1 Å². The van der Waals surface area contributed by atoms with Gasteiger partial charge in [0, 0.05) is 13.7 Å². The molecule has 0 bridgehead atoms. The van der Waals surface area contributed by atoms with E-state index in [4.69, 9.17) is 24.7 Å². The summed E-state index contributed by atoms with van der Waals surface area (Å²) in [5.41, 5.74) is 7.91. The van der Waals surface area contributed by atoms with Crippen molar-refractivity contribution < 1.29 is 18.9 Å². The van der Waals surface area contributed by atoms with Crippen LogP contribution < -0.4 is 10.5 Å². The summed E-state index contributed by atoms with van der Waals surface area (Å²) in [5, 5.41) is 0. The molecule has 1 aromatic rings. The zero-order chi connectivity index (χ0) is 14.6. The molecule has 5 heteroatoms. The van der Waals surface area contributed by atoms with Crippen molar-refractivity contribution in [3.8, 4) is 5.75 Å². The van der Waals surface area contributed by atoms with Gasteiger partial charge in [0.2, 0.25) is 0 Å². The van der Waals surface area contributed by atoms with Crippen LogP contribution in [0, 0.1) is 6.92 Å². The van der Waals surface area contributed by atoms with Crippen LogP contribution in [0.4, 0.5) is 0 Å². The Morgan fingerprint density at radius 1 is 0.950 bits per heavy atom. The topological polar surface area (TPSA) is 62.9 Å². The van der Waals surface area contributed by atoms with E-state index in [1.807, 2.05) is 25.1 Å². The molecule has 0 aliphatic heterocycles. The molecule has 0 fully saturated rings.